The van der Waals surface area contributed by atoms with E-state index in [0.717, 1.165) is 12.0 Å². The topological polar surface area (TPSA) is 67.9 Å². The van der Waals surface area contributed by atoms with Gasteiger partial charge in [0.1, 0.15) is 0 Å². The quantitative estimate of drug-likeness (QED) is 0.615. The second-order valence-corrected chi connectivity index (χ2v) is 7.01. The maximum Gasteiger partial charge on any atom is 0.387 e. The van der Waals surface area contributed by atoms with Crippen LogP contribution in [0.3, 0.4) is 0 Å². The van der Waals surface area contributed by atoms with Crippen LogP contribution in [0.1, 0.15) is 30.0 Å². The van der Waals surface area contributed by atoms with E-state index in [9.17, 15) is 18.4 Å². The van der Waals surface area contributed by atoms with Crippen molar-refractivity contribution in [1.29, 1.82) is 0 Å². The molecule has 2 aromatic carbocycles. The average Bonchev–Trinajstić information content (AvgIpc) is 3.17. The molecule has 3 rings (SSSR count). The van der Waals surface area contributed by atoms with Gasteiger partial charge in [0.05, 0.1) is 13.2 Å². The van der Waals surface area contributed by atoms with Gasteiger partial charge in [0.15, 0.2) is 11.5 Å². The van der Waals surface area contributed by atoms with Crippen molar-refractivity contribution in [2.45, 2.75) is 25.5 Å². The lowest BCUT2D eigenvalue weighted by Gasteiger charge is -2.24. The zero-order valence-corrected chi connectivity index (χ0v) is 17.1. The number of para-hydroxylation sites is 1. The second-order valence-electron chi connectivity index (χ2n) is 7.01. The van der Waals surface area contributed by atoms with Crippen molar-refractivity contribution in [1.82, 2.24) is 10.2 Å². The third kappa shape index (κ3) is 6.04. The highest BCUT2D eigenvalue weighted by Gasteiger charge is 2.25. The Bertz CT molecular complexity index is 934. The molecule has 0 aromatic heterocycles. The number of hydrogen-bond donors (Lipinski definition) is 1. The molecule has 1 fully saturated rings. The molecule has 1 heterocycles. The van der Waals surface area contributed by atoms with Crippen molar-refractivity contribution in [3.8, 4) is 11.5 Å². The summed E-state index contributed by atoms with van der Waals surface area (Å²) in [5, 5.41) is 2.90. The highest BCUT2D eigenvalue weighted by molar-refractivity contribution is 5.92. The van der Waals surface area contributed by atoms with E-state index in [4.69, 9.17) is 4.74 Å². The van der Waals surface area contributed by atoms with Crippen LogP contribution in [0.2, 0.25) is 0 Å². The number of carbonyl (C=O) groups excluding carboxylic acids is 2. The maximum atomic E-state index is 12.8. The second kappa shape index (κ2) is 10.6. The smallest absolute Gasteiger partial charge is 0.387 e. The Balaban J connectivity index is 1.76. The first-order valence-corrected chi connectivity index (χ1v) is 9.91. The van der Waals surface area contributed by atoms with Gasteiger partial charge in [0.25, 0.3) is 0 Å². The summed E-state index contributed by atoms with van der Waals surface area (Å²) in [5.41, 5.74) is 1.15. The molecule has 1 unspecified atom stereocenters. The highest BCUT2D eigenvalue weighted by atomic mass is 19.3. The molecular formula is C23H24F2N2O4. The van der Waals surface area contributed by atoms with Crippen LogP contribution >= 0.6 is 0 Å². The van der Waals surface area contributed by atoms with E-state index in [1.807, 2.05) is 30.3 Å². The fourth-order valence-corrected chi connectivity index (χ4v) is 3.46. The third-order valence-corrected chi connectivity index (χ3v) is 4.94. The van der Waals surface area contributed by atoms with E-state index in [1.54, 1.807) is 17.0 Å². The van der Waals surface area contributed by atoms with Crippen LogP contribution in [0.25, 0.3) is 6.08 Å². The van der Waals surface area contributed by atoms with Crippen LogP contribution in [-0.4, -0.2) is 43.5 Å². The minimum atomic E-state index is -3.03. The Labute approximate surface area is 179 Å². The number of rotatable bonds is 9. The summed E-state index contributed by atoms with van der Waals surface area (Å²) in [5.74, 6) is -0.369. The highest BCUT2D eigenvalue weighted by Crippen LogP contribution is 2.33. The normalized spacial score (nSPS) is 14.8. The summed E-state index contributed by atoms with van der Waals surface area (Å²) in [4.78, 5) is 26.4. The van der Waals surface area contributed by atoms with Crippen molar-refractivity contribution in [2.24, 2.45) is 0 Å². The van der Waals surface area contributed by atoms with Crippen LogP contribution in [0, 0.1) is 0 Å². The van der Waals surface area contributed by atoms with Gasteiger partial charge in [-0.1, -0.05) is 42.5 Å². The number of halogens is 2. The Morgan fingerprint density at radius 2 is 1.97 bits per heavy atom. The van der Waals surface area contributed by atoms with Crippen LogP contribution in [-0.2, 0) is 9.59 Å². The van der Waals surface area contributed by atoms with Crippen molar-refractivity contribution >= 4 is 17.9 Å². The van der Waals surface area contributed by atoms with E-state index in [2.05, 4.69) is 10.1 Å². The number of ether oxygens (including phenoxy) is 2. The third-order valence-electron chi connectivity index (χ3n) is 4.94. The molecule has 0 bridgehead atoms. The number of amides is 2. The summed E-state index contributed by atoms with van der Waals surface area (Å²) >= 11 is 0. The summed E-state index contributed by atoms with van der Waals surface area (Å²) in [6.07, 6.45) is 3.95. The van der Waals surface area contributed by atoms with Crippen LogP contribution < -0.4 is 14.8 Å². The molecule has 1 atom stereocenters. The Hall–Kier alpha value is -3.42. The standard InChI is InChI=1S/C23H24F2N2O4/c1-30-19-10-5-9-17(22(19)31-23(24)25)12-13-20(28)26-18(16-7-3-2-4-8-16)15-27-14-6-11-21(27)29/h2-5,7-10,12-13,18,23H,6,11,14-15H2,1H3,(H,26,28)/b13-12+. The van der Waals surface area contributed by atoms with E-state index >= 15 is 0 Å². The lowest BCUT2D eigenvalue weighted by atomic mass is 10.1. The average molecular weight is 430 g/mol. The molecule has 6 nitrogen and oxygen atoms in total. The number of alkyl halides is 2. The molecule has 164 valence electrons. The molecule has 31 heavy (non-hydrogen) atoms. The fourth-order valence-electron chi connectivity index (χ4n) is 3.46. The van der Waals surface area contributed by atoms with Gasteiger partial charge in [-0.05, 0) is 24.1 Å². The van der Waals surface area contributed by atoms with Gasteiger partial charge in [0, 0.05) is 31.1 Å². The SMILES string of the molecule is COc1cccc(/C=C/C(=O)NC(CN2CCCC2=O)c2ccccc2)c1OC(F)F. The number of methoxy groups -OCH3 is 1. The first-order valence-electron chi connectivity index (χ1n) is 9.91. The fraction of sp³-hybridized carbons (Fsp3) is 0.304. The van der Waals surface area contributed by atoms with Crippen LogP contribution in [0.4, 0.5) is 8.78 Å². The lowest BCUT2D eigenvalue weighted by Crippen LogP contribution is -2.38. The van der Waals surface area contributed by atoms with E-state index in [-0.39, 0.29) is 23.0 Å². The molecule has 1 aliphatic rings. The van der Waals surface area contributed by atoms with Crippen LogP contribution in [0.15, 0.2) is 54.6 Å². The van der Waals surface area contributed by atoms with Gasteiger partial charge in [-0.3, -0.25) is 9.59 Å². The number of hydrogen-bond acceptors (Lipinski definition) is 4. The Morgan fingerprint density at radius 1 is 1.19 bits per heavy atom. The molecule has 1 N–H and O–H groups in total. The van der Waals surface area contributed by atoms with Crippen LogP contribution in [0.5, 0.6) is 11.5 Å². The van der Waals surface area contributed by atoms with Crippen molar-refractivity contribution in [3.05, 3.63) is 65.7 Å². The number of nitrogens with zero attached hydrogens (tertiary/aromatic N) is 1. The van der Waals surface area contributed by atoms with Crippen molar-refractivity contribution in [2.75, 3.05) is 20.2 Å². The number of likely N-dealkylation sites (tertiary alicyclic amines) is 1. The largest absolute Gasteiger partial charge is 0.493 e. The number of benzene rings is 2. The first-order chi connectivity index (χ1) is 15.0. The molecule has 1 aliphatic heterocycles. The summed E-state index contributed by atoms with van der Waals surface area (Å²) in [6.45, 7) is -2.01. The minimum Gasteiger partial charge on any atom is -0.493 e. The zero-order valence-electron chi connectivity index (χ0n) is 17.1. The molecule has 1 saturated heterocycles. The molecule has 2 aromatic rings. The minimum absolute atomic E-state index is 0.0656. The lowest BCUT2D eigenvalue weighted by molar-refractivity contribution is -0.128. The molecule has 0 aliphatic carbocycles. The molecular weight excluding hydrogens is 406 g/mol. The molecule has 0 spiro atoms. The van der Waals surface area contributed by atoms with E-state index in [1.165, 1.54) is 25.3 Å². The monoisotopic (exact) mass is 430 g/mol. The van der Waals surface area contributed by atoms with Gasteiger partial charge in [-0.2, -0.15) is 8.78 Å². The zero-order chi connectivity index (χ0) is 22.2. The maximum absolute atomic E-state index is 12.8. The predicted molar refractivity (Wildman–Crippen MR) is 112 cm³/mol. The molecule has 2 amide bonds. The number of carbonyl (C=O) groups is 2. The van der Waals surface area contributed by atoms with Crippen molar-refractivity contribution in [3.63, 3.8) is 0 Å². The van der Waals surface area contributed by atoms with E-state index in [0.29, 0.717) is 19.5 Å². The summed E-state index contributed by atoms with van der Waals surface area (Å²) in [6, 6.07) is 13.6. The predicted octanol–water partition coefficient (Wildman–Crippen LogP) is 3.79. The molecule has 0 saturated carbocycles. The Morgan fingerprint density at radius 3 is 2.61 bits per heavy atom. The first kappa shape index (κ1) is 22.3. The van der Waals surface area contributed by atoms with Gasteiger partial charge in [-0.15, -0.1) is 0 Å². The molecule has 0 radical (unpaired) electrons. The van der Waals surface area contributed by atoms with E-state index < -0.39 is 18.6 Å². The van der Waals surface area contributed by atoms with Gasteiger partial charge in [0.2, 0.25) is 11.8 Å². The van der Waals surface area contributed by atoms with Crippen molar-refractivity contribution < 1.29 is 27.8 Å². The Kier molecular flexibility index (Phi) is 7.59. The summed E-state index contributed by atoms with van der Waals surface area (Å²) in [7, 11) is 1.35. The number of nitrogens with one attached hydrogen (secondary N) is 1. The van der Waals surface area contributed by atoms with Gasteiger partial charge < -0.3 is 19.7 Å². The summed E-state index contributed by atoms with van der Waals surface area (Å²) < 4.78 is 35.2. The van der Waals surface area contributed by atoms with Gasteiger partial charge in [-0.25, -0.2) is 0 Å². The van der Waals surface area contributed by atoms with Gasteiger partial charge >= 0.3 is 6.61 Å². The molecule has 8 heteroatoms.